The molecule has 1 saturated heterocycles. The fourth-order valence-corrected chi connectivity index (χ4v) is 4.78. The van der Waals surface area contributed by atoms with Crippen molar-refractivity contribution in [3.63, 3.8) is 0 Å². The third-order valence-corrected chi connectivity index (χ3v) is 6.21. The standard InChI is InChI=1S/C19H20FN3O2S/c20-16-9-7-14(8-10-16)12-23-11-3-4-15(13-23)19-21-17-5-1-2-6-18(17)26(24,25)22-19/h1-2,5-10,15H,3-4,11-13H2,(H,21,22)/t15-/m0/s1. The summed E-state index contributed by atoms with van der Waals surface area (Å²) < 4.78 is 42.0. The number of rotatable bonds is 3. The second-order valence-electron chi connectivity index (χ2n) is 6.77. The molecule has 7 heteroatoms. The van der Waals surface area contributed by atoms with Gasteiger partial charge in [0.2, 0.25) is 0 Å². The van der Waals surface area contributed by atoms with E-state index in [-0.39, 0.29) is 16.6 Å². The Morgan fingerprint density at radius 1 is 1.15 bits per heavy atom. The van der Waals surface area contributed by atoms with Gasteiger partial charge in [0.15, 0.2) is 0 Å². The fraction of sp³-hybridized carbons (Fsp3) is 0.316. The normalized spacial score (nSPS) is 22.2. The fourth-order valence-electron chi connectivity index (χ4n) is 3.58. The quantitative estimate of drug-likeness (QED) is 0.897. The Morgan fingerprint density at radius 2 is 1.92 bits per heavy atom. The van der Waals surface area contributed by atoms with Crippen molar-refractivity contribution >= 4 is 21.5 Å². The van der Waals surface area contributed by atoms with Crippen LogP contribution in [0.5, 0.6) is 0 Å². The molecule has 0 amide bonds. The first-order valence-electron chi connectivity index (χ1n) is 8.69. The van der Waals surface area contributed by atoms with Crippen molar-refractivity contribution in [3.8, 4) is 0 Å². The highest BCUT2D eigenvalue weighted by Crippen LogP contribution is 2.30. The Labute approximate surface area is 152 Å². The second kappa shape index (κ2) is 6.81. The molecular formula is C19H20FN3O2S. The van der Waals surface area contributed by atoms with Crippen molar-refractivity contribution in [2.45, 2.75) is 24.3 Å². The lowest BCUT2D eigenvalue weighted by Gasteiger charge is -2.34. The first-order chi connectivity index (χ1) is 12.5. The zero-order chi connectivity index (χ0) is 18.1. The maximum atomic E-state index is 13.1. The Balaban J connectivity index is 1.51. The van der Waals surface area contributed by atoms with Crippen LogP contribution < -0.4 is 5.32 Å². The zero-order valence-electron chi connectivity index (χ0n) is 14.2. The van der Waals surface area contributed by atoms with Crippen molar-refractivity contribution in [2.75, 3.05) is 18.4 Å². The molecule has 2 aliphatic heterocycles. The first-order valence-corrected chi connectivity index (χ1v) is 10.1. The maximum Gasteiger partial charge on any atom is 0.286 e. The van der Waals surface area contributed by atoms with E-state index in [0.29, 0.717) is 18.1 Å². The number of piperidine rings is 1. The van der Waals surface area contributed by atoms with Crippen LogP contribution in [0.2, 0.25) is 0 Å². The average molecular weight is 373 g/mol. The summed E-state index contributed by atoms with van der Waals surface area (Å²) in [4.78, 5) is 2.49. The summed E-state index contributed by atoms with van der Waals surface area (Å²) in [6.45, 7) is 2.37. The molecule has 0 spiro atoms. The summed E-state index contributed by atoms with van der Waals surface area (Å²) in [5.41, 5.74) is 1.64. The van der Waals surface area contributed by atoms with Gasteiger partial charge in [-0.1, -0.05) is 24.3 Å². The largest absolute Gasteiger partial charge is 0.342 e. The van der Waals surface area contributed by atoms with Crippen LogP contribution in [0.4, 0.5) is 10.1 Å². The minimum atomic E-state index is -3.66. The number of nitrogens with one attached hydrogen (secondary N) is 1. The van der Waals surface area contributed by atoms with Crippen LogP contribution in [0.15, 0.2) is 57.8 Å². The van der Waals surface area contributed by atoms with E-state index in [4.69, 9.17) is 0 Å². The van der Waals surface area contributed by atoms with E-state index in [2.05, 4.69) is 14.6 Å². The summed E-state index contributed by atoms with van der Waals surface area (Å²) in [6.07, 6.45) is 1.86. The molecule has 0 radical (unpaired) electrons. The number of hydrogen-bond donors (Lipinski definition) is 1. The number of hydrogen-bond acceptors (Lipinski definition) is 4. The highest BCUT2D eigenvalue weighted by atomic mass is 32.2. The molecule has 1 atom stereocenters. The highest BCUT2D eigenvalue weighted by molar-refractivity contribution is 7.90. The van der Waals surface area contributed by atoms with Gasteiger partial charge in [-0.25, -0.2) is 4.39 Å². The summed E-state index contributed by atoms with van der Waals surface area (Å²) >= 11 is 0. The Bertz CT molecular complexity index is 942. The topological polar surface area (TPSA) is 61.8 Å². The molecule has 0 aromatic heterocycles. The van der Waals surface area contributed by atoms with Crippen molar-refractivity contribution in [1.29, 1.82) is 0 Å². The number of fused-ring (bicyclic) bond motifs is 1. The van der Waals surface area contributed by atoms with Gasteiger partial charge < -0.3 is 5.32 Å². The molecular weight excluding hydrogens is 353 g/mol. The van der Waals surface area contributed by atoms with Gasteiger partial charge in [-0.2, -0.15) is 8.42 Å². The molecule has 0 aliphatic carbocycles. The number of amidine groups is 1. The van der Waals surface area contributed by atoms with E-state index >= 15 is 0 Å². The molecule has 4 rings (SSSR count). The molecule has 5 nitrogen and oxygen atoms in total. The smallest absolute Gasteiger partial charge is 0.286 e. The van der Waals surface area contributed by atoms with Crippen molar-refractivity contribution in [3.05, 3.63) is 59.9 Å². The minimum Gasteiger partial charge on any atom is -0.342 e. The predicted molar refractivity (Wildman–Crippen MR) is 99.1 cm³/mol. The number of para-hydroxylation sites is 1. The summed E-state index contributed by atoms with van der Waals surface area (Å²) in [6, 6.07) is 13.3. The monoisotopic (exact) mass is 373 g/mol. The molecule has 2 aromatic rings. The van der Waals surface area contributed by atoms with Gasteiger partial charge in [0.05, 0.1) is 5.69 Å². The number of sulfonamides is 1. The van der Waals surface area contributed by atoms with Crippen molar-refractivity contribution < 1.29 is 12.8 Å². The van der Waals surface area contributed by atoms with E-state index in [1.54, 1.807) is 30.3 Å². The summed E-state index contributed by atoms with van der Waals surface area (Å²) in [7, 11) is -3.66. The molecule has 136 valence electrons. The second-order valence-corrected chi connectivity index (χ2v) is 8.35. The van der Waals surface area contributed by atoms with Crippen molar-refractivity contribution in [1.82, 2.24) is 4.90 Å². The molecule has 1 fully saturated rings. The molecule has 0 unspecified atom stereocenters. The van der Waals surface area contributed by atoms with Gasteiger partial charge in [0, 0.05) is 19.0 Å². The first kappa shape index (κ1) is 17.2. The lowest BCUT2D eigenvalue weighted by molar-refractivity contribution is 0.196. The van der Waals surface area contributed by atoms with E-state index in [9.17, 15) is 12.8 Å². The zero-order valence-corrected chi connectivity index (χ0v) is 15.0. The molecule has 2 aromatic carbocycles. The number of likely N-dealkylation sites (tertiary alicyclic amines) is 1. The van der Waals surface area contributed by atoms with E-state index < -0.39 is 10.0 Å². The molecule has 26 heavy (non-hydrogen) atoms. The van der Waals surface area contributed by atoms with Crippen LogP contribution in [0.25, 0.3) is 0 Å². The summed E-state index contributed by atoms with van der Waals surface area (Å²) in [5, 5.41) is 3.21. The van der Waals surface area contributed by atoms with Gasteiger partial charge in [-0.05, 0) is 49.2 Å². The van der Waals surface area contributed by atoms with E-state index in [1.165, 1.54) is 12.1 Å². The Hall–Kier alpha value is -2.25. The molecule has 2 heterocycles. The number of nitrogens with zero attached hydrogens (tertiary/aromatic N) is 2. The van der Waals surface area contributed by atoms with Crippen LogP contribution in [-0.2, 0) is 16.6 Å². The molecule has 0 saturated carbocycles. The van der Waals surface area contributed by atoms with E-state index in [1.807, 2.05) is 6.07 Å². The van der Waals surface area contributed by atoms with Crippen LogP contribution in [-0.4, -0.2) is 32.2 Å². The third-order valence-electron chi connectivity index (χ3n) is 4.86. The maximum absolute atomic E-state index is 13.1. The number of anilines is 1. The average Bonchev–Trinajstić information content (AvgIpc) is 2.63. The number of halogens is 1. The Kier molecular flexibility index (Phi) is 4.50. The SMILES string of the molecule is O=S1(=O)N=C([C@H]2CCCN(Cc3ccc(F)cc3)C2)Nc2ccccc21. The Morgan fingerprint density at radius 3 is 2.73 bits per heavy atom. The lowest BCUT2D eigenvalue weighted by atomic mass is 9.96. The number of benzene rings is 2. The van der Waals surface area contributed by atoms with Gasteiger partial charge in [-0.3, -0.25) is 4.90 Å². The minimum absolute atomic E-state index is 0.0346. The van der Waals surface area contributed by atoms with Crippen LogP contribution in [0, 0.1) is 11.7 Å². The van der Waals surface area contributed by atoms with Gasteiger partial charge in [0.25, 0.3) is 10.0 Å². The van der Waals surface area contributed by atoms with Crippen LogP contribution in [0.3, 0.4) is 0 Å². The summed E-state index contributed by atoms with van der Waals surface area (Å²) in [5.74, 6) is 0.315. The molecule has 2 aliphatic rings. The predicted octanol–water partition coefficient (Wildman–Crippen LogP) is 3.25. The van der Waals surface area contributed by atoms with Crippen LogP contribution in [0.1, 0.15) is 18.4 Å². The van der Waals surface area contributed by atoms with Gasteiger partial charge in [-0.15, -0.1) is 4.40 Å². The molecule has 1 N–H and O–H groups in total. The van der Waals surface area contributed by atoms with Crippen molar-refractivity contribution in [2.24, 2.45) is 10.3 Å². The lowest BCUT2D eigenvalue weighted by Crippen LogP contribution is -2.41. The van der Waals surface area contributed by atoms with Gasteiger partial charge >= 0.3 is 0 Å². The van der Waals surface area contributed by atoms with E-state index in [0.717, 1.165) is 31.5 Å². The highest BCUT2D eigenvalue weighted by Gasteiger charge is 2.31. The third kappa shape index (κ3) is 3.50. The molecule has 0 bridgehead atoms. The van der Waals surface area contributed by atoms with Gasteiger partial charge in [0.1, 0.15) is 16.5 Å². The van der Waals surface area contributed by atoms with Crippen LogP contribution >= 0.6 is 0 Å².